The van der Waals surface area contributed by atoms with Crippen LogP contribution >= 0.6 is 34.8 Å². The van der Waals surface area contributed by atoms with Crippen molar-refractivity contribution < 1.29 is 4.39 Å². The minimum Gasteiger partial charge on any atom is -0.271 e. The van der Waals surface area contributed by atoms with Gasteiger partial charge < -0.3 is 0 Å². The fraction of sp³-hybridized carbons (Fsp3) is 0.143. The van der Waals surface area contributed by atoms with Crippen LogP contribution in [0.25, 0.3) is 0 Å². The van der Waals surface area contributed by atoms with Crippen molar-refractivity contribution in [3.05, 3.63) is 68.4 Å². The number of nitrogens with one attached hydrogen (secondary N) is 1. The Labute approximate surface area is 131 Å². The van der Waals surface area contributed by atoms with Crippen LogP contribution in [0.2, 0.25) is 15.1 Å². The first kappa shape index (κ1) is 15.5. The third-order valence-electron chi connectivity index (χ3n) is 2.97. The monoisotopic (exact) mass is 332 g/mol. The molecule has 0 aliphatic rings. The second-order valence-electron chi connectivity index (χ2n) is 4.35. The Morgan fingerprint density at radius 1 is 1.00 bits per heavy atom. The van der Waals surface area contributed by atoms with Crippen molar-refractivity contribution in [3.63, 3.8) is 0 Å². The average Bonchev–Trinajstić information content (AvgIpc) is 2.43. The first-order valence-corrected chi connectivity index (χ1v) is 6.99. The van der Waals surface area contributed by atoms with Gasteiger partial charge >= 0.3 is 0 Å². The Morgan fingerprint density at radius 3 is 2.35 bits per heavy atom. The van der Waals surface area contributed by atoms with Crippen LogP contribution in [0.5, 0.6) is 0 Å². The summed E-state index contributed by atoms with van der Waals surface area (Å²) in [4.78, 5) is 0. The van der Waals surface area contributed by atoms with E-state index in [-0.39, 0.29) is 11.1 Å². The minimum atomic E-state index is -0.442. The van der Waals surface area contributed by atoms with Crippen LogP contribution in [-0.4, -0.2) is 0 Å². The Morgan fingerprint density at radius 2 is 1.75 bits per heavy atom. The maximum Gasteiger partial charge on any atom is 0.141 e. The van der Waals surface area contributed by atoms with E-state index in [4.69, 9.17) is 40.6 Å². The number of rotatable bonds is 4. The lowest BCUT2D eigenvalue weighted by Gasteiger charge is -2.17. The molecule has 1 atom stereocenters. The van der Waals surface area contributed by atoms with Gasteiger partial charge in [-0.15, -0.1) is 0 Å². The summed E-state index contributed by atoms with van der Waals surface area (Å²) in [6.45, 7) is 0. The van der Waals surface area contributed by atoms with Gasteiger partial charge in [-0.2, -0.15) is 0 Å². The summed E-state index contributed by atoms with van der Waals surface area (Å²) in [6, 6.07) is 9.71. The summed E-state index contributed by atoms with van der Waals surface area (Å²) >= 11 is 17.6. The van der Waals surface area contributed by atoms with Crippen molar-refractivity contribution in [2.24, 2.45) is 5.84 Å². The summed E-state index contributed by atoms with van der Waals surface area (Å²) in [5.41, 5.74) is 4.47. The molecule has 0 bridgehead atoms. The van der Waals surface area contributed by atoms with Crippen molar-refractivity contribution >= 4 is 34.8 Å². The van der Waals surface area contributed by atoms with Gasteiger partial charge in [0.05, 0.1) is 21.1 Å². The van der Waals surface area contributed by atoms with Crippen LogP contribution in [0.15, 0.2) is 36.4 Å². The van der Waals surface area contributed by atoms with E-state index in [1.807, 2.05) is 6.07 Å². The predicted molar refractivity (Wildman–Crippen MR) is 81.6 cm³/mol. The molecule has 0 spiro atoms. The molecule has 2 rings (SSSR count). The highest BCUT2D eigenvalue weighted by molar-refractivity contribution is 6.42. The molecular formula is C14H12Cl3FN2. The third-order valence-corrected chi connectivity index (χ3v) is 4.00. The number of hydrogen-bond acceptors (Lipinski definition) is 2. The number of nitrogens with two attached hydrogens (primary N) is 1. The molecule has 106 valence electrons. The number of hydrogen-bond donors (Lipinski definition) is 2. The molecule has 2 nitrogen and oxygen atoms in total. The van der Waals surface area contributed by atoms with E-state index in [0.29, 0.717) is 16.5 Å². The first-order chi connectivity index (χ1) is 9.51. The maximum absolute atomic E-state index is 13.1. The van der Waals surface area contributed by atoms with E-state index < -0.39 is 5.82 Å². The second-order valence-corrected chi connectivity index (χ2v) is 5.57. The van der Waals surface area contributed by atoms with E-state index in [0.717, 1.165) is 11.1 Å². The van der Waals surface area contributed by atoms with Gasteiger partial charge in [0.2, 0.25) is 0 Å². The Bertz CT molecular complexity index is 619. The Kier molecular flexibility index (Phi) is 5.24. The number of halogens is 4. The van der Waals surface area contributed by atoms with Crippen LogP contribution in [0, 0.1) is 5.82 Å². The molecule has 2 aromatic carbocycles. The molecule has 0 aliphatic carbocycles. The highest BCUT2D eigenvalue weighted by atomic mass is 35.5. The molecular weight excluding hydrogens is 322 g/mol. The number of benzene rings is 2. The summed E-state index contributed by atoms with van der Waals surface area (Å²) in [5.74, 6) is 5.13. The minimum absolute atomic E-state index is 0.0902. The molecule has 0 fully saturated rings. The second kappa shape index (κ2) is 6.74. The molecule has 0 saturated carbocycles. The molecule has 3 N–H and O–H groups in total. The predicted octanol–water partition coefficient (Wildman–Crippen LogP) is 4.53. The molecule has 20 heavy (non-hydrogen) atoms. The van der Waals surface area contributed by atoms with Crippen molar-refractivity contribution in [2.45, 2.75) is 12.5 Å². The fourth-order valence-electron chi connectivity index (χ4n) is 1.90. The summed E-state index contributed by atoms with van der Waals surface area (Å²) in [7, 11) is 0. The van der Waals surface area contributed by atoms with Crippen LogP contribution in [0.4, 0.5) is 4.39 Å². The topological polar surface area (TPSA) is 38.0 Å². The van der Waals surface area contributed by atoms with Gasteiger partial charge in [-0.25, -0.2) is 4.39 Å². The SMILES string of the molecule is NNC(Cc1ccc(F)c(Cl)c1)c1ccc(Cl)c(Cl)c1. The van der Waals surface area contributed by atoms with Gasteiger partial charge in [0.25, 0.3) is 0 Å². The van der Waals surface area contributed by atoms with Crippen molar-refractivity contribution in [1.82, 2.24) is 5.43 Å². The molecule has 1 unspecified atom stereocenters. The van der Waals surface area contributed by atoms with Gasteiger partial charge in [-0.05, 0) is 41.8 Å². The lowest BCUT2D eigenvalue weighted by atomic mass is 9.99. The lowest BCUT2D eigenvalue weighted by Crippen LogP contribution is -2.29. The van der Waals surface area contributed by atoms with Crippen LogP contribution in [-0.2, 0) is 6.42 Å². The smallest absolute Gasteiger partial charge is 0.141 e. The normalized spacial score (nSPS) is 12.4. The van der Waals surface area contributed by atoms with E-state index in [1.54, 1.807) is 24.3 Å². The van der Waals surface area contributed by atoms with Crippen molar-refractivity contribution in [3.8, 4) is 0 Å². The van der Waals surface area contributed by atoms with E-state index in [2.05, 4.69) is 5.43 Å². The molecule has 0 saturated heterocycles. The third kappa shape index (κ3) is 3.62. The van der Waals surface area contributed by atoms with E-state index in [1.165, 1.54) is 6.07 Å². The summed E-state index contributed by atoms with van der Waals surface area (Å²) in [5, 5.41) is 1.03. The molecule has 0 amide bonds. The van der Waals surface area contributed by atoms with Gasteiger partial charge in [0.1, 0.15) is 5.82 Å². The van der Waals surface area contributed by atoms with Crippen LogP contribution < -0.4 is 11.3 Å². The largest absolute Gasteiger partial charge is 0.271 e. The number of hydrazine groups is 1. The fourth-order valence-corrected chi connectivity index (χ4v) is 2.41. The van der Waals surface area contributed by atoms with Gasteiger partial charge in [0, 0.05) is 0 Å². The molecule has 0 aliphatic heterocycles. The zero-order chi connectivity index (χ0) is 14.7. The standard InChI is InChI=1S/C14H12Cl3FN2/c15-10-3-2-9(7-11(10)16)14(20-19)6-8-1-4-13(18)12(17)5-8/h1-5,7,14,20H,6,19H2. The Hall–Kier alpha value is -0.840. The summed E-state index contributed by atoms with van der Waals surface area (Å²) < 4.78 is 13.1. The highest BCUT2D eigenvalue weighted by Crippen LogP contribution is 2.27. The van der Waals surface area contributed by atoms with Crippen LogP contribution in [0.1, 0.15) is 17.2 Å². The average molecular weight is 334 g/mol. The lowest BCUT2D eigenvalue weighted by molar-refractivity contribution is 0.551. The van der Waals surface area contributed by atoms with Gasteiger partial charge in [-0.3, -0.25) is 11.3 Å². The summed E-state index contributed by atoms with van der Waals surface area (Å²) in [6.07, 6.45) is 0.550. The molecule has 0 heterocycles. The molecule has 2 aromatic rings. The van der Waals surface area contributed by atoms with Crippen LogP contribution in [0.3, 0.4) is 0 Å². The van der Waals surface area contributed by atoms with Gasteiger partial charge in [0.15, 0.2) is 0 Å². The van der Waals surface area contributed by atoms with E-state index >= 15 is 0 Å². The Balaban J connectivity index is 2.23. The zero-order valence-electron chi connectivity index (χ0n) is 10.3. The first-order valence-electron chi connectivity index (χ1n) is 5.86. The van der Waals surface area contributed by atoms with E-state index in [9.17, 15) is 4.39 Å². The molecule has 0 radical (unpaired) electrons. The quantitative estimate of drug-likeness (QED) is 0.637. The van der Waals surface area contributed by atoms with Crippen molar-refractivity contribution in [1.29, 1.82) is 0 Å². The van der Waals surface area contributed by atoms with Gasteiger partial charge in [-0.1, -0.05) is 46.9 Å². The zero-order valence-corrected chi connectivity index (χ0v) is 12.6. The maximum atomic E-state index is 13.1. The molecule has 6 heteroatoms. The molecule has 0 aromatic heterocycles. The van der Waals surface area contributed by atoms with Crippen molar-refractivity contribution in [2.75, 3.05) is 0 Å². The highest BCUT2D eigenvalue weighted by Gasteiger charge is 2.13.